The lowest BCUT2D eigenvalue weighted by atomic mass is 10.6. The first kappa shape index (κ1) is 16.3. The van der Waals surface area contributed by atoms with Crippen molar-refractivity contribution in [2.24, 2.45) is 0 Å². The van der Waals surface area contributed by atoms with E-state index < -0.39 is 22.3 Å². The second-order valence-corrected chi connectivity index (χ2v) is 4.98. The zero-order valence-electron chi connectivity index (χ0n) is 10.4. The molecule has 0 aromatic heterocycles. The molecule has 0 N–H and O–H groups in total. The van der Waals surface area contributed by atoms with Crippen molar-refractivity contribution in [3.63, 3.8) is 0 Å². The molecule has 0 heterocycles. The van der Waals surface area contributed by atoms with Crippen molar-refractivity contribution in [3.8, 4) is 0 Å². The minimum absolute atomic E-state index is 0.406. The maximum atomic E-state index is 5.70. The molecule has 16 heavy (non-hydrogen) atoms. The lowest BCUT2D eigenvalue weighted by Gasteiger charge is -2.25. The van der Waals surface area contributed by atoms with Gasteiger partial charge in [-0.1, -0.05) is 0 Å². The number of methoxy groups -OCH3 is 1. The largest absolute Gasteiger partial charge is 0.396 e. The number of hydrogen-bond donors (Lipinski definition) is 0. The Balaban J connectivity index is 3.91. The predicted molar refractivity (Wildman–Crippen MR) is 67.6 cm³/mol. The Labute approximate surface area is 105 Å². The van der Waals surface area contributed by atoms with E-state index in [1.165, 1.54) is 0 Å². The third-order valence-electron chi connectivity index (χ3n) is 1.93. The molecule has 0 aromatic carbocycles. The van der Waals surface area contributed by atoms with Crippen molar-refractivity contribution in [2.45, 2.75) is 38.9 Å². The van der Waals surface area contributed by atoms with Crippen molar-refractivity contribution in [3.05, 3.63) is 0 Å². The molecule has 0 spiro atoms. The van der Waals surface area contributed by atoms with Gasteiger partial charge in [-0.2, -0.15) is 0 Å². The fraction of sp³-hybridized carbons (Fsp3) is 1.00. The van der Waals surface area contributed by atoms with E-state index in [0.29, 0.717) is 19.1 Å². The van der Waals surface area contributed by atoms with Crippen LogP contribution in [0.25, 0.3) is 0 Å². The second kappa shape index (κ2) is 11.8. The van der Waals surface area contributed by atoms with Crippen LogP contribution in [0, 0.1) is 0 Å². The summed E-state index contributed by atoms with van der Waals surface area (Å²) >= 11 is 5.60. The van der Waals surface area contributed by atoms with Crippen molar-refractivity contribution in [1.29, 1.82) is 0 Å². The Morgan fingerprint density at radius 3 is 2.25 bits per heavy atom. The van der Waals surface area contributed by atoms with Crippen molar-refractivity contribution in [2.75, 3.05) is 26.2 Å². The van der Waals surface area contributed by atoms with Crippen molar-refractivity contribution >= 4 is 21.4 Å². The molecule has 2 atom stereocenters. The lowest BCUT2D eigenvalue weighted by Crippen LogP contribution is -2.36. The van der Waals surface area contributed by atoms with E-state index in [-0.39, 0.29) is 0 Å². The van der Waals surface area contributed by atoms with Crippen LogP contribution in [0.3, 0.4) is 0 Å². The molecule has 2 unspecified atom stereocenters. The zero-order valence-corrected chi connectivity index (χ0v) is 12.6. The van der Waals surface area contributed by atoms with Crippen LogP contribution in [0.15, 0.2) is 0 Å². The summed E-state index contributed by atoms with van der Waals surface area (Å²) in [6.07, 6.45) is 0.157. The maximum absolute atomic E-state index is 5.70. The van der Waals surface area contributed by atoms with Crippen LogP contribution >= 0.6 is 11.6 Å². The van der Waals surface area contributed by atoms with Gasteiger partial charge < -0.3 is 18.6 Å². The molecule has 0 saturated heterocycles. The number of ether oxygens (including phenoxy) is 3. The first-order chi connectivity index (χ1) is 7.79. The van der Waals surface area contributed by atoms with E-state index in [9.17, 15) is 0 Å². The zero-order chi connectivity index (χ0) is 12.2. The minimum Gasteiger partial charge on any atom is -0.396 e. The summed E-state index contributed by atoms with van der Waals surface area (Å²) in [5, 5.41) is 0. The lowest BCUT2D eigenvalue weighted by molar-refractivity contribution is -0.248. The number of rotatable bonds is 11. The summed E-state index contributed by atoms with van der Waals surface area (Å²) in [6.45, 7) is 5.01. The Morgan fingerprint density at radius 1 is 1.12 bits per heavy atom. The van der Waals surface area contributed by atoms with Crippen molar-refractivity contribution < 1.29 is 18.6 Å². The highest BCUT2D eigenvalue weighted by molar-refractivity contribution is 6.27. The summed E-state index contributed by atoms with van der Waals surface area (Å²) in [6, 6.07) is 1.05. The molecule has 98 valence electrons. The van der Waals surface area contributed by atoms with Gasteiger partial charge in [0.2, 0.25) is 6.29 Å². The van der Waals surface area contributed by atoms with Gasteiger partial charge in [0.15, 0.2) is 16.1 Å². The molecule has 0 rings (SSSR count). The van der Waals surface area contributed by atoms with Gasteiger partial charge in [0, 0.05) is 26.2 Å². The van der Waals surface area contributed by atoms with E-state index in [0.717, 1.165) is 12.5 Å². The smallest absolute Gasteiger partial charge is 0.208 e. The molecule has 0 saturated carbocycles. The Kier molecular flexibility index (Phi) is 12.1. The molecule has 0 aliphatic rings. The van der Waals surface area contributed by atoms with Gasteiger partial charge >= 0.3 is 0 Å². The maximum Gasteiger partial charge on any atom is 0.208 e. The van der Waals surface area contributed by atoms with Crippen LogP contribution in [0.2, 0.25) is 6.04 Å². The van der Waals surface area contributed by atoms with Gasteiger partial charge in [-0.15, -0.1) is 11.6 Å². The van der Waals surface area contributed by atoms with E-state index >= 15 is 0 Å². The second-order valence-electron chi connectivity index (χ2n) is 3.15. The van der Waals surface area contributed by atoms with Crippen LogP contribution in [-0.2, 0) is 18.6 Å². The number of alkyl halides is 1. The first-order valence-electron chi connectivity index (χ1n) is 5.73. The normalized spacial score (nSPS) is 15.8. The minimum atomic E-state index is -0.606. The molecular weight excluding hydrogens is 248 g/mol. The van der Waals surface area contributed by atoms with Gasteiger partial charge in [0.1, 0.15) is 0 Å². The Bertz CT molecular complexity index is 151. The molecule has 0 aliphatic heterocycles. The first-order valence-corrected chi connectivity index (χ1v) is 7.84. The van der Waals surface area contributed by atoms with Crippen LogP contribution in [0.4, 0.5) is 0 Å². The molecule has 0 aromatic rings. The molecule has 0 radical (unpaired) electrons. The van der Waals surface area contributed by atoms with Crippen LogP contribution in [-0.4, -0.2) is 48.5 Å². The molecule has 0 fully saturated rings. The fourth-order valence-corrected chi connectivity index (χ4v) is 2.80. The Hall–Kier alpha value is 0.347. The van der Waals surface area contributed by atoms with Gasteiger partial charge in [0.25, 0.3) is 0 Å². The third-order valence-corrected chi connectivity index (χ3v) is 3.55. The fourth-order valence-electron chi connectivity index (χ4n) is 1.19. The predicted octanol–water partition coefficient (Wildman–Crippen LogP) is 1.51. The number of hydrogen-bond acceptors (Lipinski definition) is 4. The van der Waals surface area contributed by atoms with Gasteiger partial charge in [-0.3, -0.25) is 0 Å². The van der Waals surface area contributed by atoms with E-state index in [4.69, 9.17) is 30.2 Å². The molecule has 0 aliphatic carbocycles. The SMILES string of the molecule is CCOC(OC)C(OCC)O[SiH2]CCCCl. The van der Waals surface area contributed by atoms with Crippen LogP contribution < -0.4 is 0 Å². The van der Waals surface area contributed by atoms with Gasteiger partial charge in [0.05, 0.1) is 0 Å². The van der Waals surface area contributed by atoms with Crippen molar-refractivity contribution in [1.82, 2.24) is 0 Å². The molecule has 0 bridgehead atoms. The summed E-state index contributed by atoms with van der Waals surface area (Å²) < 4.78 is 21.7. The highest BCUT2D eigenvalue weighted by atomic mass is 35.5. The van der Waals surface area contributed by atoms with Gasteiger partial charge in [-0.25, -0.2) is 0 Å². The summed E-state index contributed by atoms with van der Waals surface area (Å²) in [4.78, 5) is 0. The van der Waals surface area contributed by atoms with E-state index in [2.05, 4.69) is 0 Å². The van der Waals surface area contributed by atoms with Crippen LogP contribution in [0.1, 0.15) is 20.3 Å². The van der Waals surface area contributed by atoms with E-state index in [1.807, 2.05) is 13.8 Å². The molecular formula is C10H23ClO4Si. The quantitative estimate of drug-likeness (QED) is 0.247. The van der Waals surface area contributed by atoms with Crippen LogP contribution in [0.5, 0.6) is 0 Å². The average Bonchev–Trinajstić information content (AvgIpc) is 2.30. The summed E-state index contributed by atoms with van der Waals surface area (Å²) in [5.74, 6) is 0.689. The highest BCUT2D eigenvalue weighted by Gasteiger charge is 2.22. The van der Waals surface area contributed by atoms with E-state index in [1.54, 1.807) is 7.11 Å². The monoisotopic (exact) mass is 270 g/mol. The average molecular weight is 271 g/mol. The molecule has 6 heteroatoms. The summed E-state index contributed by atoms with van der Waals surface area (Å²) in [5.41, 5.74) is 0. The number of halogens is 1. The molecule has 0 amide bonds. The summed E-state index contributed by atoms with van der Waals surface area (Å²) in [7, 11) is 0.987. The standard InChI is InChI=1S/C10H23ClO4Si/c1-4-13-9(12-3)10(14-5-2)15-16-8-6-7-11/h9-10H,4-8,16H2,1-3H3. The highest BCUT2D eigenvalue weighted by Crippen LogP contribution is 2.08. The topological polar surface area (TPSA) is 36.9 Å². The third kappa shape index (κ3) is 7.59. The Morgan fingerprint density at radius 2 is 1.75 bits per heavy atom. The van der Waals surface area contributed by atoms with Gasteiger partial charge in [-0.05, 0) is 26.3 Å². The molecule has 4 nitrogen and oxygen atoms in total.